The van der Waals surface area contributed by atoms with Crippen molar-refractivity contribution in [2.24, 2.45) is 0 Å². The minimum atomic E-state index is -4.10. The van der Waals surface area contributed by atoms with Gasteiger partial charge >= 0.3 is 0 Å². The highest BCUT2D eigenvalue weighted by atomic mass is 32.2. The Hall–Kier alpha value is -3.82. The number of hydrogen-bond donors (Lipinski definition) is 3. The van der Waals surface area contributed by atoms with Gasteiger partial charge in [0.05, 0.1) is 22.6 Å². The molecule has 200 valence electrons. The lowest BCUT2D eigenvalue weighted by molar-refractivity contribution is -0.119. The number of thiophene rings is 1. The molecule has 12 nitrogen and oxygen atoms in total. The highest BCUT2D eigenvalue weighted by Crippen LogP contribution is 2.37. The maximum absolute atomic E-state index is 13.1. The Bertz CT molecular complexity index is 1390. The van der Waals surface area contributed by atoms with Crippen LogP contribution < -0.4 is 16.2 Å². The SMILES string of the molecule is CCCN1CCc2c(sc(NC(=O)c3ccc(S(=O)(=O)N(CC#N)CC#N)cc3)c2C(=O)NNC(C)=O)C1. The van der Waals surface area contributed by atoms with Gasteiger partial charge in [-0.15, -0.1) is 11.3 Å². The van der Waals surface area contributed by atoms with Gasteiger partial charge in [-0.1, -0.05) is 6.92 Å². The number of amides is 3. The fourth-order valence-electron chi connectivity index (χ4n) is 3.99. The van der Waals surface area contributed by atoms with E-state index in [0.717, 1.165) is 34.3 Å². The van der Waals surface area contributed by atoms with Gasteiger partial charge in [0.15, 0.2) is 0 Å². The Morgan fingerprint density at radius 3 is 2.32 bits per heavy atom. The van der Waals surface area contributed by atoms with Crippen molar-refractivity contribution in [2.75, 3.05) is 31.5 Å². The Labute approximate surface area is 224 Å². The minimum absolute atomic E-state index is 0.142. The van der Waals surface area contributed by atoms with Crippen molar-refractivity contribution in [3.63, 3.8) is 0 Å². The third-order valence-electron chi connectivity index (χ3n) is 5.73. The van der Waals surface area contributed by atoms with E-state index in [1.165, 1.54) is 42.5 Å². The zero-order chi connectivity index (χ0) is 27.9. The van der Waals surface area contributed by atoms with E-state index in [4.69, 9.17) is 10.5 Å². The van der Waals surface area contributed by atoms with E-state index in [1.54, 1.807) is 12.1 Å². The number of carbonyl (C=O) groups excluding carboxylic acids is 3. The van der Waals surface area contributed by atoms with E-state index < -0.39 is 40.8 Å². The van der Waals surface area contributed by atoms with Crippen molar-refractivity contribution >= 4 is 44.1 Å². The molecule has 3 rings (SSSR count). The summed E-state index contributed by atoms with van der Waals surface area (Å²) in [6.45, 7) is 4.68. The Kier molecular flexibility index (Phi) is 9.55. The maximum Gasteiger partial charge on any atom is 0.272 e. The third-order valence-corrected chi connectivity index (χ3v) is 8.67. The van der Waals surface area contributed by atoms with Gasteiger partial charge in [-0.25, -0.2) is 8.42 Å². The van der Waals surface area contributed by atoms with Crippen LogP contribution in [0.1, 0.15) is 51.4 Å². The summed E-state index contributed by atoms with van der Waals surface area (Å²) >= 11 is 1.29. The molecule has 1 aliphatic heterocycles. The second kappa shape index (κ2) is 12.6. The number of fused-ring (bicyclic) bond motifs is 1. The van der Waals surface area contributed by atoms with Gasteiger partial charge < -0.3 is 5.32 Å². The van der Waals surface area contributed by atoms with Gasteiger partial charge in [-0.3, -0.25) is 30.1 Å². The quantitative estimate of drug-likeness (QED) is 0.308. The summed E-state index contributed by atoms with van der Waals surface area (Å²) in [5, 5.41) is 20.9. The molecule has 3 amide bonds. The van der Waals surface area contributed by atoms with Crippen molar-refractivity contribution in [1.82, 2.24) is 20.1 Å². The number of nitrogens with zero attached hydrogens (tertiary/aromatic N) is 4. The first kappa shape index (κ1) is 28.7. The van der Waals surface area contributed by atoms with Crippen LogP contribution in [0, 0.1) is 22.7 Å². The number of hydrogen-bond acceptors (Lipinski definition) is 9. The lowest BCUT2D eigenvalue weighted by atomic mass is 10.0. The highest BCUT2D eigenvalue weighted by Gasteiger charge is 2.29. The first-order chi connectivity index (χ1) is 18.1. The Balaban J connectivity index is 1.87. The molecule has 0 atom stereocenters. The van der Waals surface area contributed by atoms with E-state index in [2.05, 4.69) is 28.0 Å². The molecule has 1 aliphatic rings. The normalized spacial score (nSPS) is 13.2. The topological polar surface area (TPSA) is 175 Å². The van der Waals surface area contributed by atoms with Gasteiger partial charge in [-0.05, 0) is 49.2 Å². The van der Waals surface area contributed by atoms with Crippen LogP contribution in [-0.2, 0) is 27.8 Å². The molecule has 2 aromatic rings. The number of nitriles is 2. The molecule has 2 heterocycles. The van der Waals surface area contributed by atoms with Crippen LogP contribution in [0.25, 0.3) is 0 Å². The molecule has 0 saturated heterocycles. The van der Waals surface area contributed by atoms with Crippen LogP contribution in [0.15, 0.2) is 29.2 Å². The molecule has 3 N–H and O–H groups in total. The predicted octanol–water partition coefficient (Wildman–Crippen LogP) is 1.59. The number of benzene rings is 1. The highest BCUT2D eigenvalue weighted by molar-refractivity contribution is 7.89. The Morgan fingerprint density at radius 1 is 1.08 bits per heavy atom. The predicted molar refractivity (Wildman–Crippen MR) is 139 cm³/mol. The molecule has 0 radical (unpaired) electrons. The van der Waals surface area contributed by atoms with Crippen molar-refractivity contribution < 1.29 is 22.8 Å². The molecule has 0 saturated carbocycles. The smallest absolute Gasteiger partial charge is 0.272 e. The minimum Gasteiger partial charge on any atom is -0.313 e. The average molecular weight is 558 g/mol. The number of hydrazine groups is 1. The molecule has 0 fully saturated rings. The van der Waals surface area contributed by atoms with Crippen molar-refractivity contribution in [3.8, 4) is 12.1 Å². The van der Waals surface area contributed by atoms with Crippen LogP contribution in [0.5, 0.6) is 0 Å². The Morgan fingerprint density at radius 2 is 1.74 bits per heavy atom. The molecular weight excluding hydrogens is 530 g/mol. The summed E-state index contributed by atoms with van der Waals surface area (Å²) in [6.07, 6.45) is 1.59. The van der Waals surface area contributed by atoms with E-state index in [1.807, 2.05) is 0 Å². The standard InChI is InChI=1S/C24H27N7O5S2/c1-3-11-30-12-8-19-20(15-30)37-24(21(19)23(34)29-28-16(2)32)27-22(33)17-4-6-18(7-5-17)38(35,36)31(13-9-25)14-10-26/h4-7H,3,8,11-15H2,1-2H3,(H,27,33)(H,28,32)(H,29,34). The van der Waals surface area contributed by atoms with Crippen molar-refractivity contribution in [2.45, 2.75) is 38.1 Å². The van der Waals surface area contributed by atoms with E-state index in [0.29, 0.717) is 18.0 Å². The summed E-state index contributed by atoms with van der Waals surface area (Å²) in [5.74, 6) is -1.55. The molecule has 0 spiro atoms. The fraction of sp³-hybridized carbons (Fsp3) is 0.375. The summed E-state index contributed by atoms with van der Waals surface area (Å²) in [7, 11) is -4.10. The summed E-state index contributed by atoms with van der Waals surface area (Å²) in [6, 6.07) is 8.50. The van der Waals surface area contributed by atoms with Crippen LogP contribution in [0.2, 0.25) is 0 Å². The summed E-state index contributed by atoms with van der Waals surface area (Å²) in [5.41, 5.74) is 5.88. The van der Waals surface area contributed by atoms with Crippen LogP contribution in [0.3, 0.4) is 0 Å². The molecule has 0 unspecified atom stereocenters. The number of nitrogens with one attached hydrogen (secondary N) is 3. The largest absolute Gasteiger partial charge is 0.313 e. The lowest BCUT2D eigenvalue weighted by Gasteiger charge is -2.26. The fourth-order valence-corrected chi connectivity index (χ4v) is 6.50. The first-order valence-electron chi connectivity index (χ1n) is 11.7. The number of anilines is 1. The van der Waals surface area contributed by atoms with Gasteiger partial charge in [0, 0.05) is 30.5 Å². The van der Waals surface area contributed by atoms with E-state index in [9.17, 15) is 22.8 Å². The van der Waals surface area contributed by atoms with E-state index >= 15 is 0 Å². The molecule has 38 heavy (non-hydrogen) atoms. The molecule has 1 aromatic carbocycles. The molecule has 0 bridgehead atoms. The monoisotopic (exact) mass is 557 g/mol. The van der Waals surface area contributed by atoms with Crippen molar-refractivity contribution in [1.29, 1.82) is 10.5 Å². The lowest BCUT2D eigenvalue weighted by Crippen LogP contribution is -2.41. The van der Waals surface area contributed by atoms with Gasteiger partial charge in [-0.2, -0.15) is 14.8 Å². The summed E-state index contributed by atoms with van der Waals surface area (Å²) in [4.78, 5) is 40.4. The number of rotatable bonds is 9. The van der Waals surface area contributed by atoms with Crippen LogP contribution >= 0.6 is 11.3 Å². The third kappa shape index (κ3) is 6.54. The van der Waals surface area contributed by atoms with Crippen LogP contribution in [-0.4, -0.2) is 61.5 Å². The molecule has 14 heteroatoms. The maximum atomic E-state index is 13.1. The molecule has 1 aromatic heterocycles. The average Bonchev–Trinajstić information content (AvgIpc) is 3.24. The van der Waals surface area contributed by atoms with Gasteiger partial charge in [0.1, 0.15) is 18.1 Å². The summed E-state index contributed by atoms with van der Waals surface area (Å²) < 4.78 is 26.2. The second-order valence-electron chi connectivity index (χ2n) is 8.44. The number of sulfonamides is 1. The van der Waals surface area contributed by atoms with Gasteiger partial charge in [0.2, 0.25) is 15.9 Å². The van der Waals surface area contributed by atoms with Gasteiger partial charge in [0.25, 0.3) is 11.8 Å². The number of carbonyl (C=O) groups is 3. The van der Waals surface area contributed by atoms with E-state index in [-0.39, 0.29) is 16.0 Å². The van der Waals surface area contributed by atoms with Crippen LogP contribution in [0.4, 0.5) is 5.00 Å². The zero-order valence-corrected chi connectivity index (χ0v) is 22.5. The first-order valence-corrected chi connectivity index (χ1v) is 14.0. The second-order valence-corrected chi connectivity index (χ2v) is 11.5. The zero-order valence-electron chi connectivity index (χ0n) is 20.9. The molecular formula is C24H27N7O5S2. The molecule has 0 aliphatic carbocycles. The van der Waals surface area contributed by atoms with Crippen molar-refractivity contribution in [3.05, 3.63) is 45.8 Å².